The summed E-state index contributed by atoms with van der Waals surface area (Å²) in [6.45, 7) is 1.87. The van der Waals surface area contributed by atoms with Crippen LogP contribution in [0.3, 0.4) is 0 Å². The third kappa shape index (κ3) is 2.26. The average Bonchev–Trinajstić information content (AvgIpc) is 2.91. The van der Waals surface area contributed by atoms with Crippen LogP contribution in [0.25, 0.3) is 0 Å². The molecule has 0 aliphatic rings. The second-order valence-corrected chi connectivity index (χ2v) is 4.39. The number of hydrogen-bond donors (Lipinski definition) is 0. The molecule has 18 heavy (non-hydrogen) atoms. The molecule has 2 aromatic rings. The fourth-order valence-electron chi connectivity index (χ4n) is 1.88. The number of nitriles is 2. The first-order valence-electron chi connectivity index (χ1n) is 5.62. The predicted octanol–water partition coefficient (Wildman–Crippen LogP) is 3.18. The van der Waals surface area contributed by atoms with Crippen LogP contribution in [-0.2, 0) is 11.8 Å². The standard InChI is InChI=1S/C15H12N2O/c1-15(11-17,9-14-3-2-8-18-14)13-6-4-12(10-16)5-7-13/h2-8H,9H2,1H3. The summed E-state index contributed by atoms with van der Waals surface area (Å²) in [4.78, 5) is 0. The molecule has 0 radical (unpaired) electrons. The molecule has 0 saturated carbocycles. The number of rotatable bonds is 3. The number of benzene rings is 1. The van der Waals surface area contributed by atoms with E-state index in [1.807, 2.05) is 31.2 Å². The van der Waals surface area contributed by atoms with Crippen LogP contribution in [0.1, 0.15) is 23.8 Å². The Kier molecular flexibility index (Phi) is 3.17. The van der Waals surface area contributed by atoms with Crippen LogP contribution in [0.15, 0.2) is 47.1 Å². The van der Waals surface area contributed by atoms with E-state index in [-0.39, 0.29) is 0 Å². The summed E-state index contributed by atoms with van der Waals surface area (Å²) in [7, 11) is 0. The molecule has 1 heterocycles. The van der Waals surface area contributed by atoms with Crippen molar-refractivity contribution in [3.8, 4) is 12.1 Å². The summed E-state index contributed by atoms with van der Waals surface area (Å²) in [6, 6.07) is 15.2. The van der Waals surface area contributed by atoms with Crippen molar-refractivity contribution in [3.63, 3.8) is 0 Å². The highest BCUT2D eigenvalue weighted by Crippen LogP contribution is 2.28. The van der Waals surface area contributed by atoms with Crippen LogP contribution in [0, 0.1) is 22.7 Å². The molecular formula is C15H12N2O. The largest absolute Gasteiger partial charge is 0.469 e. The highest BCUT2D eigenvalue weighted by Gasteiger charge is 2.28. The van der Waals surface area contributed by atoms with Crippen molar-refractivity contribution in [2.75, 3.05) is 0 Å². The number of nitrogens with zero attached hydrogens (tertiary/aromatic N) is 2. The third-order valence-electron chi connectivity index (χ3n) is 3.01. The van der Waals surface area contributed by atoms with Crippen molar-refractivity contribution in [2.24, 2.45) is 0 Å². The lowest BCUT2D eigenvalue weighted by atomic mass is 9.80. The van der Waals surface area contributed by atoms with Gasteiger partial charge in [-0.15, -0.1) is 0 Å². The van der Waals surface area contributed by atoms with Gasteiger partial charge in [0.25, 0.3) is 0 Å². The van der Waals surface area contributed by atoms with Crippen LogP contribution in [-0.4, -0.2) is 0 Å². The van der Waals surface area contributed by atoms with E-state index in [9.17, 15) is 5.26 Å². The van der Waals surface area contributed by atoms with E-state index in [0.717, 1.165) is 11.3 Å². The van der Waals surface area contributed by atoms with Gasteiger partial charge in [-0.2, -0.15) is 10.5 Å². The van der Waals surface area contributed by atoms with Crippen molar-refractivity contribution in [3.05, 3.63) is 59.5 Å². The van der Waals surface area contributed by atoms with Crippen molar-refractivity contribution in [1.82, 2.24) is 0 Å². The van der Waals surface area contributed by atoms with E-state index in [0.29, 0.717) is 12.0 Å². The van der Waals surface area contributed by atoms with Gasteiger partial charge in [0.2, 0.25) is 0 Å². The van der Waals surface area contributed by atoms with E-state index in [1.165, 1.54) is 0 Å². The number of furan rings is 1. The quantitative estimate of drug-likeness (QED) is 0.822. The van der Waals surface area contributed by atoms with Crippen LogP contribution < -0.4 is 0 Å². The molecule has 2 rings (SSSR count). The minimum Gasteiger partial charge on any atom is -0.469 e. The zero-order valence-corrected chi connectivity index (χ0v) is 10.1. The predicted molar refractivity (Wildman–Crippen MR) is 66.5 cm³/mol. The van der Waals surface area contributed by atoms with Gasteiger partial charge in [-0.3, -0.25) is 0 Å². The van der Waals surface area contributed by atoms with E-state index in [4.69, 9.17) is 9.68 Å². The number of hydrogen-bond acceptors (Lipinski definition) is 3. The Bertz CT molecular complexity index is 599. The second kappa shape index (κ2) is 4.77. The Hall–Kier alpha value is -2.52. The molecule has 1 aromatic heterocycles. The molecule has 0 N–H and O–H groups in total. The first kappa shape index (κ1) is 12.0. The van der Waals surface area contributed by atoms with Crippen molar-refractivity contribution >= 4 is 0 Å². The van der Waals surface area contributed by atoms with Gasteiger partial charge in [0.1, 0.15) is 5.76 Å². The molecule has 0 saturated heterocycles. The van der Waals surface area contributed by atoms with Crippen molar-refractivity contribution in [2.45, 2.75) is 18.8 Å². The van der Waals surface area contributed by atoms with Crippen LogP contribution in [0.2, 0.25) is 0 Å². The summed E-state index contributed by atoms with van der Waals surface area (Å²) in [5, 5.41) is 18.2. The van der Waals surface area contributed by atoms with Crippen molar-refractivity contribution < 1.29 is 4.42 Å². The molecular weight excluding hydrogens is 224 g/mol. The zero-order valence-electron chi connectivity index (χ0n) is 10.1. The fraction of sp³-hybridized carbons (Fsp3) is 0.200. The van der Waals surface area contributed by atoms with Gasteiger partial charge < -0.3 is 4.42 Å². The minimum absolute atomic E-state index is 0.516. The highest BCUT2D eigenvalue weighted by atomic mass is 16.3. The summed E-state index contributed by atoms with van der Waals surface area (Å²) in [5.41, 5.74) is 0.837. The molecule has 0 spiro atoms. The molecule has 3 heteroatoms. The molecule has 0 aliphatic carbocycles. The average molecular weight is 236 g/mol. The zero-order chi connectivity index (χ0) is 13.0. The van der Waals surface area contributed by atoms with E-state index < -0.39 is 5.41 Å². The molecule has 0 bridgehead atoms. The molecule has 0 aliphatic heterocycles. The van der Waals surface area contributed by atoms with Gasteiger partial charge in [-0.05, 0) is 36.8 Å². The second-order valence-electron chi connectivity index (χ2n) is 4.39. The van der Waals surface area contributed by atoms with E-state index in [1.54, 1.807) is 18.4 Å². The first-order chi connectivity index (χ1) is 8.68. The summed E-state index contributed by atoms with van der Waals surface area (Å²) >= 11 is 0. The molecule has 88 valence electrons. The first-order valence-corrected chi connectivity index (χ1v) is 5.62. The van der Waals surface area contributed by atoms with Gasteiger partial charge in [0, 0.05) is 6.42 Å². The Labute approximate surface area is 106 Å². The molecule has 1 atom stereocenters. The maximum absolute atomic E-state index is 9.41. The third-order valence-corrected chi connectivity index (χ3v) is 3.01. The van der Waals surface area contributed by atoms with Gasteiger partial charge >= 0.3 is 0 Å². The lowest BCUT2D eigenvalue weighted by molar-refractivity contribution is 0.462. The maximum Gasteiger partial charge on any atom is 0.105 e. The lowest BCUT2D eigenvalue weighted by Crippen LogP contribution is -2.22. The monoisotopic (exact) mass is 236 g/mol. The molecule has 1 unspecified atom stereocenters. The maximum atomic E-state index is 9.41. The Morgan fingerprint density at radius 2 is 1.89 bits per heavy atom. The summed E-state index contributed by atoms with van der Waals surface area (Å²) in [6.07, 6.45) is 2.12. The SMILES string of the molecule is CC(C#N)(Cc1ccco1)c1ccc(C#N)cc1. The minimum atomic E-state index is -0.647. The highest BCUT2D eigenvalue weighted by molar-refractivity contribution is 5.38. The Morgan fingerprint density at radius 3 is 2.39 bits per heavy atom. The van der Waals surface area contributed by atoms with Gasteiger partial charge in [-0.25, -0.2) is 0 Å². The lowest BCUT2D eigenvalue weighted by Gasteiger charge is -2.20. The topological polar surface area (TPSA) is 60.7 Å². The summed E-state index contributed by atoms with van der Waals surface area (Å²) < 4.78 is 5.29. The molecule has 0 amide bonds. The normalized spacial score (nSPS) is 13.3. The molecule has 0 fully saturated rings. The van der Waals surface area contributed by atoms with E-state index >= 15 is 0 Å². The van der Waals surface area contributed by atoms with Crippen LogP contribution in [0.4, 0.5) is 0 Å². The van der Waals surface area contributed by atoms with E-state index in [2.05, 4.69) is 12.1 Å². The summed E-state index contributed by atoms with van der Waals surface area (Å²) in [5.74, 6) is 0.781. The van der Waals surface area contributed by atoms with Gasteiger partial charge in [0.05, 0.1) is 29.4 Å². The van der Waals surface area contributed by atoms with Gasteiger partial charge in [-0.1, -0.05) is 12.1 Å². The van der Waals surface area contributed by atoms with Crippen molar-refractivity contribution in [1.29, 1.82) is 10.5 Å². The fourth-order valence-corrected chi connectivity index (χ4v) is 1.88. The van der Waals surface area contributed by atoms with Crippen LogP contribution in [0.5, 0.6) is 0 Å². The molecule has 1 aromatic carbocycles. The Morgan fingerprint density at radius 1 is 1.17 bits per heavy atom. The Balaban J connectivity index is 2.32. The van der Waals surface area contributed by atoms with Crippen LogP contribution >= 0.6 is 0 Å². The van der Waals surface area contributed by atoms with Gasteiger partial charge in [0.15, 0.2) is 0 Å². The smallest absolute Gasteiger partial charge is 0.105 e. The molecule has 3 nitrogen and oxygen atoms in total.